The molecule has 1 aromatic heterocycles. The second-order valence-corrected chi connectivity index (χ2v) is 6.55. The minimum atomic E-state index is -0.154. The van der Waals surface area contributed by atoms with Crippen molar-refractivity contribution in [2.24, 2.45) is 0 Å². The van der Waals surface area contributed by atoms with Crippen LogP contribution >= 0.6 is 0 Å². The largest absolute Gasteiger partial charge is 0.441 e. The summed E-state index contributed by atoms with van der Waals surface area (Å²) in [5.74, 6) is 0.454. The van der Waals surface area contributed by atoms with E-state index < -0.39 is 0 Å². The monoisotopic (exact) mass is 366 g/mol. The van der Waals surface area contributed by atoms with E-state index in [2.05, 4.69) is 22.4 Å². The number of hydrogen-bond donors (Lipinski definition) is 1. The van der Waals surface area contributed by atoms with E-state index in [-0.39, 0.29) is 12.0 Å². The summed E-state index contributed by atoms with van der Waals surface area (Å²) in [6.07, 6.45) is 1.40. The number of rotatable bonds is 6. The Balaban J connectivity index is 1.44. The third-order valence-electron chi connectivity index (χ3n) is 4.76. The Morgan fingerprint density at radius 3 is 3.07 bits per heavy atom. The van der Waals surface area contributed by atoms with Crippen molar-refractivity contribution in [3.05, 3.63) is 65.0 Å². The number of oxazole rings is 1. The van der Waals surface area contributed by atoms with Crippen molar-refractivity contribution in [1.82, 2.24) is 10.3 Å². The third kappa shape index (κ3) is 3.86. The van der Waals surface area contributed by atoms with Crippen LogP contribution in [0.25, 0.3) is 11.1 Å². The maximum absolute atomic E-state index is 12.6. The highest BCUT2D eigenvalue weighted by Gasteiger charge is 2.21. The number of methoxy groups -OCH3 is 1. The molecule has 0 bridgehead atoms. The van der Waals surface area contributed by atoms with Crippen molar-refractivity contribution in [2.45, 2.75) is 18.9 Å². The van der Waals surface area contributed by atoms with Gasteiger partial charge in [0.25, 0.3) is 5.91 Å². The Hall–Kier alpha value is -2.70. The lowest BCUT2D eigenvalue weighted by molar-refractivity contribution is 0.0411. The van der Waals surface area contributed by atoms with Crippen LogP contribution in [0.3, 0.4) is 0 Å². The molecule has 0 saturated heterocycles. The number of amides is 1. The first-order valence-corrected chi connectivity index (χ1v) is 9.10. The fourth-order valence-corrected chi connectivity index (χ4v) is 3.34. The van der Waals surface area contributed by atoms with Gasteiger partial charge in [-0.25, -0.2) is 4.98 Å². The number of carbonyl (C=O) groups excluding carboxylic acids is 1. The summed E-state index contributed by atoms with van der Waals surface area (Å²) in [6.45, 7) is 1.65. The van der Waals surface area contributed by atoms with Crippen molar-refractivity contribution in [1.29, 1.82) is 0 Å². The normalized spacial score (nSPS) is 16.3. The van der Waals surface area contributed by atoms with E-state index in [9.17, 15) is 4.79 Å². The molecule has 4 rings (SSSR count). The zero-order chi connectivity index (χ0) is 18.6. The molecule has 1 unspecified atom stereocenters. The molecule has 0 fully saturated rings. The first kappa shape index (κ1) is 17.7. The van der Waals surface area contributed by atoms with Gasteiger partial charge in [0.15, 0.2) is 11.5 Å². The molecule has 0 saturated carbocycles. The van der Waals surface area contributed by atoms with Gasteiger partial charge < -0.3 is 19.2 Å². The minimum Gasteiger partial charge on any atom is -0.441 e. The third-order valence-corrected chi connectivity index (χ3v) is 4.76. The first-order chi connectivity index (χ1) is 13.2. The maximum atomic E-state index is 12.6. The van der Waals surface area contributed by atoms with Crippen LogP contribution in [-0.4, -0.2) is 37.8 Å². The van der Waals surface area contributed by atoms with Gasteiger partial charge in [-0.05, 0) is 35.7 Å². The van der Waals surface area contributed by atoms with E-state index in [1.54, 1.807) is 25.3 Å². The molecule has 0 radical (unpaired) electrons. The summed E-state index contributed by atoms with van der Waals surface area (Å²) in [5, 5.41) is 2.97. The van der Waals surface area contributed by atoms with Crippen molar-refractivity contribution in [2.75, 3.05) is 26.9 Å². The molecule has 0 spiro atoms. The first-order valence-electron chi connectivity index (χ1n) is 9.10. The standard InChI is InChI=1S/C21H22N2O4/c1-25-10-9-20-23-17-7-6-15(12-18(17)27-20)21(24)22-13-19-16-5-3-2-4-14(16)8-11-26-19/h2-7,12,19H,8-11,13H2,1H3,(H,22,24). The predicted octanol–water partition coefficient (Wildman–Crippen LogP) is 3.06. The maximum Gasteiger partial charge on any atom is 0.251 e. The molecule has 1 aliphatic rings. The second kappa shape index (κ2) is 7.90. The number of nitrogens with one attached hydrogen (secondary N) is 1. The summed E-state index contributed by atoms with van der Waals surface area (Å²) >= 11 is 0. The average molecular weight is 366 g/mol. The van der Waals surface area contributed by atoms with Crippen LogP contribution in [0.4, 0.5) is 0 Å². The van der Waals surface area contributed by atoms with Crippen molar-refractivity contribution >= 4 is 17.0 Å². The minimum absolute atomic E-state index is 0.117. The zero-order valence-corrected chi connectivity index (χ0v) is 15.2. The molecule has 0 aliphatic carbocycles. The van der Waals surface area contributed by atoms with Gasteiger partial charge in [0.05, 0.1) is 13.2 Å². The van der Waals surface area contributed by atoms with Crippen molar-refractivity contribution < 1.29 is 18.7 Å². The Morgan fingerprint density at radius 2 is 2.19 bits per heavy atom. The SMILES string of the molecule is COCCc1nc2ccc(C(=O)NCC3OCCc4ccccc43)cc2o1. The molecule has 6 heteroatoms. The smallest absolute Gasteiger partial charge is 0.251 e. The number of fused-ring (bicyclic) bond motifs is 2. The van der Waals surface area contributed by atoms with Crippen LogP contribution in [-0.2, 0) is 22.3 Å². The predicted molar refractivity (Wildman–Crippen MR) is 101 cm³/mol. The highest BCUT2D eigenvalue weighted by molar-refractivity contribution is 5.97. The van der Waals surface area contributed by atoms with Gasteiger partial charge in [-0.1, -0.05) is 24.3 Å². The van der Waals surface area contributed by atoms with E-state index in [4.69, 9.17) is 13.9 Å². The molecule has 1 N–H and O–H groups in total. The number of benzene rings is 2. The average Bonchev–Trinajstić information content (AvgIpc) is 3.12. The molecule has 140 valence electrons. The lowest BCUT2D eigenvalue weighted by atomic mass is 9.97. The van der Waals surface area contributed by atoms with E-state index >= 15 is 0 Å². The second-order valence-electron chi connectivity index (χ2n) is 6.55. The van der Waals surface area contributed by atoms with Crippen molar-refractivity contribution in [3.63, 3.8) is 0 Å². The highest BCUT2D eigenvalue weighted by Crippen LogP contribution is 2.26. The van der Waals surface area contributed by atoms with Crippen LogP contribution < -0.4 is 5.32 Å². The van der Waals surface area contributed by atoms with E-state index in [0.29, 0.717) is 43.2 Å². The molecule has 1 atom stereocenters. The van der Waals surface area contributed by atoms with Gasteiger partial charge >= 0.3 is 0 Å². The van der Waals surface area contributed by atoms with Gasteiger partial charge in [-0.15, -0.1) is 0 Å². The summed E-state index contributed by atoms with van der Waals surface area (Å²) in [6, 6.07) is 13.5. The van der Waals surface area contributed by atoms with Gasteiger partial charge in [0.2, 0.25) is 0 Å². The molecular weight excluding hydrogens is 344 g/mol. The number of carbonyl (C=O) groups is 1. The number of ether oxygens (including phenoxy) is 2. The summed E-state index contributed by atoms with van der Waals surface area (Å²) in [4.78, 5) is 17.0. The Kier molecular flexibility index (Phi) is 5.18. The van der Waals surface area contributed by atoms with Crippen LogP contribution in [0.15, 0.2) is 46.9 Å². The Bertz CT molecular complexity index is 950. The Labute approximate surface area is 157 Å². The number of hydrogen-bond acceptors (Lipinski definition) is 5. The van der Waals surface area contributed by atoms with Crippen LogP contribution in [0.2, 0.25) is 0 Å². The zero-order valence-electron chi connectivity index (χ0n) is 15.2. The summed E-state index contributed by atoms with van der Waals surface area (Å²) in [7, 11) is 1.64. The van der Waals surface area contributed by atoms with Gasteiger partial charge in [-0.2, -0.15) is 0 Å². The number of nitrogens with zero attached hydrogens (tertiary/aromatic N) is 1. The van der Waals surface area contributed by atoms with Gasteiger partial charge in [0, 0.05) is 25.6 Å². The number of aromatic nitrogens is 1. The lowest BCUT2D eigenvalue weighted by Crippen LogP contribution is -2.31. The van der Waals surface area contributed by atoms with Crippen LogP contribution in [0, 0.1) is 0 Å². The molecule has 1 aliphatic heterocycles. The molecule has 3 aromatic rings. The van der Waals surface area contributed by atoms with Gasteiger partial charge in [-0.3, -0.25) is 4.79 Å². The van der Waals surface area contributed by atoms with E-state index in [1.165, 1.54) is 5.56 Å². The lowest BCUT2D eigenvalue weighted by Gasteiger charge is -2.26. The summed E-state index contributed by atoms with van der Waals surface area (Å²) < 4.78 is 16.6. The quantitative estimate of drug-likeness (QED) is 0.726. The fraction of sp³-hybridized carbons (Fsp3) is 0.333. The fourth-order valence-electron chi connectivity index (χ4n) is 3.34. The molecule has 2 heterocycles. The Morgan fingerprint density at radius 1 is 1.30 bits per heavy atom. The van der Waals surface area contributed by atoms with E-state index in [0.717, 1.165) is 17.5 Å². The van der Waals surface area contributed by atoms with Crippen LogP contribution in [0.5, 0.6) is 0 Å². The molecule has 2 aromatic carbocycles. The van der Waals surface area contributed by atoms with E-state index in [1.807, 2.05) is 12.1 Å². The molecule has 6 nitrogen and oxygen atoms in total. The molecular formula is C21H22N2O4. The van der Waals surface area contributed by atoms with Crippen LogP contribution in [0.1, 0.15) is 33.5 Å². The van der Waals surface area contributed by atoms with Crippen molar-refractivity contribution in [3.8, 4) is 0 Å². The van der Waals surface area contributed by atoms with Gasteiger partial charge in [0.1, 0.15) is 11.6 Å². The molecule has 27 heavy (non-hydrogen) atoms. The molecule has 1 amide bonds. The highest BCUT2D eigenvalue weighted by atomic mass is 16.5. The topological polar surface area (TPSA) is 73.6 Å². The summed E-state index contributed by atoms with van der Waals surface area (Å²) in [5.41, 5.74) is 4.32.